The third kappa shape index (κ3) is 3.50. The van der Waals surface area contributed by atoms with E-state index in [-0.39, 0.29) is 23.6 Å². The lowest BCUT2D eigenvalue weighted by Crippen LogP contribution is -2.30. The SMILES string of the molecule is O=C1c2ccccc2C(=O)N1CCCC#CCCCN1C(=O)c2ccccc2C1=O. The second kappa shape index (κ2) is 8.34. The fraction of sp³-hybridized carbons (Fsp3) is 0.250. The number of amides is 4. The predicted octanol–water partition coefficient (Wildman–Crippen LogP) is 3.14. The van der Waals surface area contributed by atoms with E-state index in [1.54, 1.807) is 48.5 Å². The van der Waals surface area contributed by atoms with Gasteiger partial charge in [0.15, 0.2) is 0 Å². The molecule has 6 heteroatoms. The summed E-state index contributed by atoms with van der Waals surface area (Å²) >= 11 is 0. The summed E-state index contributed by atoms with van der Waals surface area (Å²) in [5.41, 5.74) is 1.84. The number of unbranched alkanes of at least 4 members (excludes halogenated alkanes) is 2. The van der Waals surface area contributed by atoms with E-state index in [2.05, 4.69) is 11.8 Å². The molecule has 0 unspecified atom stereocenters. The first-order chi connectivity index (χ1) is 14.6. The Morgan fingerprint density at radius 2 is 0.833 bits per heavy atom. The van der Waals surface area contributed by atoms with E-state index in [1.807, 2.05) is 0 Å². The van der Waals surface area contributed by atoms with Crippen molar-refractivity contribution in [2.75, 3.05) is 13.1 Å². The van der Waals surface area contributed by atoms with Gasteiger partial charge in [-0.2, -0.15) is 0 Å². The zero-order chi connectivity index (χ0) is 21.1. The molecular formula is C24H20N2O4. The summed E-state index contributed by atoms with van der Waals surface area (Å²) in [4.78, 5) is 51.7. The molecule has 4 amide bonds. The molecule has 30 heavy (non-hydrogen) atoms. The van der Waals surface area contributed by atoms with Crippen molar-refractivity contribution >= 4 is 23.6 Å². The van der Waals surface area contributed by atoms with E-state index in [4.69, 9.17) is 0 Å². The van der Waals surface area contributed by atoms with Crippen LogP contribution in [0.5, 0.6) is 0 Å². The molecule has 6 nitrogen and oxygen atoms in total. The lowest BCUT2D eigenvalue weighted by atomic mass is 10.1. The Morgan fingerprint density at radius 1 is 0.533 bits per heavy atom. The van der Waals surface area contributed by atoms with E-state index in [1.165, 1.54) is 9.80 Å². The summed E-state index contributed by atoms with van der Waals surface area (Å²) in [7, 11) is 0. The molecule has 4 rings (SSSR count). The third-order valence-corrected chi connectivity index (χ3v) is 5.25. The van der Waals surface area contributed by atoms with Crippen LogP contribution >= 0.6 is 0 Å². The number of fused-ring (bicyclic) bond motifs is 2. The molecule has 2 aromatic carbocycles. The largest absolute Gasteiger partial charge is 0.274 e. The van der Waals surface area contributed by atoms with Crippen molar-refractivity contribution in [3.05, 3.63) is 70.8 Å². The van der Waals surface area contributed by atoms with Crippen molar-refractivity contribution in [2.45, 2.75) is 25.7 Å². The van der Waals surface area contributed by atoms with Gasteiger partial charge in [0.25, 0.3) is 23.6 Å². The summed E-state index contributed by atoms with van der Waals surface area (Å²) in [5.74, 6) is 5.09. The number of carbonyl (C=O) groups is 4. The maximum Gasteiger partial charge on any atom is 0.261 e. The van der Waals surface area contributed by atoms with Crippen LogP contribution in [0.3, 0.4) is 0 Å². The number of rotatable bonds is 6. The zero-order valence-corrected chi connectivity index (χ0v) is 16.4. The number of hydrogen-bond donors (Lipinski definition) is 0. The highest BCUT2D eigenvalue weighted by Crippen LogP contribution is 2.23. The topological polar surface area (TPSA) is 74.8 Å². The van der Waals surface area contributed by atoms with Crippen LogP contribution in [0.2, 0.25) is 0 Å². The summed E-state index contributed by atoms with van der Waals surface area (Å²) < 4.78 is 0. The molecule has 0 bridgehead atoms. The van der Waals surface area contributed by atoms with Crippen LogP contribution in [-0.2, 0) is 0 Å². The Kier molecular flexibility index (Phi) is 5.44. The van der Waals surface area contributed by atoms with Crippen LogP contribution in [0.25, 0.3) is 0 Å². The molecule has 0 aromatic heterocycles. The van der Waals surface area contributed by atoms with Gasteiger partial charge in [-0.15, -0.1) is 11.8 Å². The van der Waals surface area contributed by atoms with Crippen LogP contribution in [0.15, 0.2) is 48.5 Å². The fourth-order valence-corrected chi connectivity index (χ4v) is 3.71. The highest BCUT2D eigenvalue weighted by atomic mass is 16.2. The Morgan fingerprint density at radius 3 is 1.13 bits per heavy atom. The van der Waals surface area contributed by atoms with Crippen molar-refractivity contribution in [1.82, 2.24) is 9.80 Å². The van der Waals surface area contributed by atoms with Gasteiger partial charge in [-0.3, -0.25) is 29.0 Å². The lowest BCUT2D eigenvalue weighted by molar-refractivity contribution is 0.0637. The van der Waals surface area contributed by atoms with Gasteiger partial charge >= 0.3 is 0 Å². The molecule has 2 aromatic rings. The second-order valence-corrected chi connectivity index (χ2v) is 7.18. The first-order valence-corrected chi connectivity index (χ1v) is 9.96. The molecule has 2 aliphatic rings. The monoisotopic (exact) mass is 400 g/mol. The molecule has 2 heterocycles. The molecular weight excluding hydrogens is 380 g/mol. The molecule has 150 valence electrons. The molecule has 2 aliphatic heterocycles. The smallest absolute Gasteiger partial charge is 0.261 e. The van der Waals surface area contributed by atoms with Gasteiger partial charge in [0, 0.05) is 25.9 Å². The summed E-state index contributed by atoms with van der Waals surface area (Å²) in [6, 6.07) is 13.7. The summed E-state index contributed by atoms with van der Waals surface area (Å²) in [6.07, 6.45) is 2.36. The maximum absolute atomic E-state index is 12.3. The van der Waals surface area contributed by atoms with Crippen molar-refractivity contribution in [1.29, 1.82) is 0 Å². The maximum atomic E-state index is 12.3. The lowest BCUT2D eigenvalue weighted by Gasteiger charge is -2.12. The molecule has 0 aliphatic carbocycles. The summed E-state index contributed by atoms with van der Waals surface area (Å²) in [6.45, 7) is 0.687. The van der Waals surface area contributed by atoms with Gasteiger partial charge in [0.05, 0.1) is 22.3 Å². The van der Waals surface area contributed by atoms with Crippen LogP contribution in [0, 0.1) is 11.8 Å². The Balaban J connectivity index is 1.19. The van der Waals surface area contributed by atoms with Crippen LogP contribution < -0.4 is 0 Å². The van der Waals surface area contributed by atoms with E-state index in [0.717, 1.165) is 0 Å². The number of carbonyl (C=O) groups excluding carboxylic acids is 4. The minimum absolute atomic E-state index is 0.246. The van der Waals surface area contributed by atoms with Gasteiger partial charge in [-0.05, 0) is 37.1 Å². The van der Waals surface area contributed by atoms with Crippen molar-refractivity contribution in [2.24, 2.45) is 0 Å². The zero-order valence-electron chi connectivity index (χ0n) is 16.4. The Bertz CT molecular complexity index is 954. The minimum atomic E-state index is -0.246. The average Bonchev–Trinajstić information content (AvgIpc) is 3.16. The highest BCUT2D eigenvalue weighted by molar-refractivity contribution is 6.22. The number of hydrogen-bond acceptors (Lipinski definition) is 4. The van der Waals surface area contributed by atoms with E-state index in [0.29, 0.717) is 61.0 Å². The molecule has 0 saturated heterocycles. The Hall–Kier alpha value is -3.72. The van der Waals surface area contributed by atoms with Gasteiger partial charge in [0.2, 0.25) is 0 Å². The van der Waals surface area contributed by atoms with E-state index in [9.17, 15) is 19.2 Å². The number of imide groups is 2. The van der Waals surface area contributed by atoms with Crippen LogP contribution in [0.4, 0.5) is 0 Å². The van der Waals surface area contributed by atoms with Gasteiger partial charge < -0.3 is 0 Å². The molecule has 0 atom stereocenters. The standard InChI is InChI=1S/C24H20N2O4/c27-21-17-11-5-6-12-18(17)22(28)25(21)15-9-3-1-2-4-10-16-26-23(29)19-13-7-8-14-20(19)24(26)30/h5-8,11-14H,3-4,9-10,15-16H2. The van der Waals surface area contributed by atoms with E-state index < -0.39 is 0 Å². The van der Waals surface area contributed by atoms with Crippen molar-refractivity contribution in [3.8, 4) is 11.8 Å². The predicted molar refractivity (Wildman–Crippen MR) is 110 cm³/mol. The van der Waals surface area contributed by atoms with Crippen LogP contribution in [-0.4, -0.2) is 46.5 Å². The first kappa shape index (κ1) is 19.6. The first-order valence-electron chi connectivity index (χ1n) is 9.96. The Labute approximate surface area is 174 Å². The molecule has 0 radical (unpaired) electrons. The highest BCUT2D eigenvalue weighted by Gasteiger charge is 2.35. The van der Waals surface area contributed by atoms with Crippen LogP contribution in [0.1, 0.15) is 67.1 Å². The molecule has 0 spiro atoms. The number of nitrogens with zero attached hydrogens (tertiary/aromatic N) is 2. The van der Waals surface area contributed by atoms with Gasteiger partial charge in [-0.1, -0.05) is 24.3 Å². The van der Waals surface area contributed by atoms with Gasteiger partial charge in [-0.25, -0.2) is 0 Å². The molecule has 0 saturated carbocycles. The number of benzene rings is 2. The molecule has 0 N–H and O–H groups in total. The third-order valence-electron chi connectivity index (χ3n) is 5.25. The fourth-order valence-electron chi connectivity index (χ4n) is 3.71. The summed E-state index contributed by atoms with van der Waals surface area (Å²) in [5, 5.41) is 0. The molecule has 0 fully saturated rings. The second-order valence-electron chi connectivity index (χ2n) is 7.18. The van der Waals surface area contributed by atoms with E-state index >= 15 is 0 Å². The van der Waals surface area contributed by atoms with Crippen molar-refractivity contribution < 1.29 is 19.2 Å². The normalized spacial score (nSPS) is 14.7. The quantitative estimate of drug-likeness (QED) is 0.424. The van der Waals surface area contributed by atoms with Crippen molar-refractivity contribution in [3.63, 3.8) is 0 Å². The van der Waals surface area contributed by atoms with Gasteiger partial charge in [0.1, 0.15) is 0 Å². The average molecular weight is 400 g/mol. The minimum Gasteiger partial charge on any atom is -0.274 e.